The molecule has 0 saturated heterocycles. The number of nitrogens with zero attached hydrogens (tertiary/aromatic N) is 2. The summed E-state index contributed by atoms with van der Waals surface area (Å²) in [4.78, 5) is 23.3. The summed E-state index contributed by atoms with van der Waals surface area (Å²) in [7, 11) is 0. The summed E-state index contributed by atoms with van der Waals surface area (Å²) in [5.41, 5.74) is 3.10. The molecule has 0 radical (unpaired) electrons. The molecule has 0 aliphatic carbocycles. The molecule has 20 heavy (non-hydrogen) atoms. The minimum atomic E-state index is -0.172. The normalized spacial score (nSPS) is 10.4. The zero-order valence-electron chi connectivity index (χ0n) is 11.0. The summed E-state index contributed by atoms with van der Waals surface area (Å²) in [5.74, 6) is 0.564. The topological polar surface area (TPSA) is 58.6 Å². The third kappa shape index (κ3) is 2.49. The van der Waals surface area contributed by atoms with Gasteiger partial charge in [-0.25, -0.2) is 4.98 Å². The Balaban J connectivity index is 2.12. The van der Waals surface area contributed by atoms with Crippen LogP contribution in [-0.4, -0.2) is 15.0 Å². The van der Waals surface area contributed by atoms with Gasteiger partial charge in [-0.15, -0.1) is 0 Å². The van der Waals surface area contributed by atoms with E-state index in [1.807, 2.05) is 49.4 Å². The van der Waals surface area contributed by atoms with E-state index in [1.165, 1.54) is 6.07 Å². The lowest BCUT2D eigenvalue weighted by molar-refractivity contribution is 1.12. The molecule has 0 bridgehead atoms. The molecule has 0 aliphatic rings. The van der Waals surface area contributed by atoms with Crippen LogP contribution in [0.15, 0.2) is 59.5 Å². The summed E-state index contributed by atoms with van der Waals surface area (Å²) in [6, 6.07) is 14.9. The standard InChI is InChI=1S/C16H13N3O/c1-11-7-8-13(10-17-11)14-9-15(20)19-16(18-14)12-5-3-2-4-6-12/h2-10H,1H3,(H,18,19,20). The Morgan fingerprint density at radius 2 is 1.80 bits per heavy atom. The maximum Gasteiger partial charge on any atom is 0.251 e. The van der Waals surface area contributed by atoms with Crippen LogP contribution in [-0.2, 0) is 0 Å². The van der Waals surface area contributed by atoms with Crippen LogP contribution in [0.4, 0.5) is 0 Å². The van der Waals surface area contributed by atoms with Crippen molar-refractivity contribution in [3.05, 3.63) is 70.8 Å². The van der Waals surface area contributed by atoms with Crippen LogP contribution in [0.5, 0.6) is 0 Å². The SMILES string of the molecule is Cc1ccc(-c2cc(=O)[nH]c(-c3ccccc3)n2)cn1. The Bertz CT molecular complexity index is 777. The van der Waals surface area contributed by atoms with Gasteiger partial charge in [0.2, 0.25) is 0 Å². The number of H-pyrrole nitrogens is 1. The average molecular weight is 263 g/mol. The van der Waals surface area contributed by atoms with Gasteiger partial charge in [0, 0.05) is 29.1 Å². The highest BCUT2D eigenvalue weighted by Crippen LogP contribution is 2.18. The third-order valence-corrected chi connectivity index (χ3v) is 3.00. The highest BCUT2D eigenvalue weighted by molar-refractivity contribution is 5.62. The van der Waals surface area contributed by atoms with Crippen molar-refractivity contribution in [2.75, 3.05) is 0 Å². The van der Waals surface area contributed by atoms with Gasteiger partial charge in [0.25, 0.3) is 5.56 Å². The molecule has 2 heterocycles. The van der Waals surface area contributed by atoms with Crippen molar-refractivity contribution in [3.63, 3.8) is 0 Å². The molecule has 0 aliphatic heterocycles. The molecule has 0 amide bonds. The maximum absolute atomic E-state index is 11.8. The summed E-state index contributed by atoms with van der Waals surface area (Å²) in [6.07, 6.45) is 1.73. The number of aromatic nitrogens is 3. The fourth-order valence-electron chi connectivity index (χ4n) is 1.96. The Morgan fingerprint density at radius 1 is 1.00 bits per heavy atom. The van der Waals surface area contributed by atoms with Gasteiger partial charge in [-0.1, -0.05) is 30.3 Å². The fraction of sp³-hybridized carbons (Fsp3) is 0.0625. The van der Waals surface area contributed by atoms with Gasteiger partial charge in [-0.2, -0.15) is 0 Å². The lowest BCUT2D eigenvalue weighted by Crippen LogP contribution is -2.08. The summed E-state index contributed by atoms with van der Waals surface area (Å²) in [6.45, 7) is 1.92. The minimum absolute atomic E-state index is 0.172. The average Bonchev–Trinajstić information content (AvgIpc) is 2.48. The van der Waals surface area contributed by atoms with E-state index in [-0.39, 0.29) is 5.56 Å². The van der Waals surface area contributed by atoms with Crippen LogP contribution in [0, 0.1) is 6.92 Å². The molecule has 0 atom stereocenters. The Morgan fingerprint density at radius 3 is 2.50 bits per heavy atom. The second kappa shape index (κ2) is 5.09. The van der Waals surface area contributed by atoms with Gasteiger partial charge in [0.05, 0.1) is 5.69 Å². The Labute approximate surface area is 116 Å². The summed E-state index contributed by atoms with van der Waals surface area (Å²) >= 11 is 0. The number of hydrogen-bond donors (Lipinski definition) is 1. The molecule has 3 aromatic rings. The van der Waals surface area contributed by atoms with Crippen LogP contribution < -0.4 is 5.56 Å². The highest BCUT2D eigenvalue weighted by atomic mass is 16.1. The maximum atomic E-state index is 11.8. The molecule has 0 fully saturated rings. The van der Waals surface area contributed by atoms with E-state index in [1.54, 1.807) is 6.20 Å². The number of nitrogens with one attached hydrogen (secondary N) is 1. The summed E-state index contributed by atoms with van der Waals surface area (Å²) < 4.78 is 0. The zero-order chi connectivity index (χ0) is 13.9. The number of benzene rings is 1. The molecule has 4 nitrogen and oxygen atoms in total. The first-order valence-corrected chi connectivity index (χ1v) is 6.32. The molecule has 0 saturated carbocycles. The van der Waals surface area contributed by atoms with Crippen molar-refractivity contribution in [2.45, 2.75) is 6.92 Å². The number of rotatable bonds is 2. The van der Waals surface area contributed by atoms with Gasteiger partial charge in [0.15, 0.2) is 0 Å². The molecule has 0 spiro atoms. The molecule has 0 unspecified atom stereocenters. The largest absolute Gasteiger partial charge is 0.306 e. The number of pyridine rings is 1. The quantitative estimate of drug-likeness (QED) is 0.773. The summed E-state index contributed by atoms with van der Waals surface area (Å²) in [5, 5.41) is 0. The number of aromatic amines is 1. The Kier molecular flexibility index (Phi) is 3.13. The monoisotopic (exact) mass is 263 g/mol. The highest BCUT2D eigenvalue weighted by Gasteiger charge is 2.06. The van der Waals surface area contributed by atoms with Crippen LogP contribution in [0.25, 0.3) is 22.6 Å². The molecule has 1 N–H and O–H groups in total. The van der Waals surface area contributed by atoms with E-state index in [0.29, 0.717) is 11.5 Å². The van der Waals surface area contributed by atoms with Crippen molar-refractivity contribution in [3.8, 4) is 22.6 Å². The smallest absolute Gasteiger partial charge is 0.251 e. The molecule has 3 rings (SSSR count). The van der Waals surface area contributed by atoms with Crippen molar-refractivity contribution in [1.29, 1.82) is 0 Å². The Hall–Kier alpha value is -2.75. The van der Waals surface area contributed by atoms with E-state index in [0.717, 1.165) is 16.8 Å². The van der Waals surface area contributed by atoms with E-state index in [2.05, 4.69) is 15.0 Å². The van der Waals surface area contributed by atoms with E-state index in [9.17, 15) is 4.79 Å². The van der Waals surface area contributed by atoms with E-state index >= 15 is 0 Å². The van der Waals surface area contributed by atoms with Gasteiger partial charge in [-0.3, -0.25) is 9.78 Å². The molecular formula is C16H13N3O. The second-order valence-corrected chi connectivity index (χ2v) is 4.53. The second-order valence-electron chi connectivity index (χ2n) is 4.53. The third-order valence-electron chi connectivity index (χ3n) is 3.00. The van der Waals surface area contributed by atoms with Crippen molar-refractivity contribution in [1.82, 2.24) is 15.0 Å². The number of aryl methyl sites for hydroxylation is 1. The molecule has 98 valence electrons. The molecule has 2 aromatic heterocycles. The lowest BCUT2D eigenvalue weighted by Gasteiger charge is -2.04. The van der Waals surface area contributed by atoms with Gasteiger partial charge >= 0.3 is 0 Å². The van der Waals surface area contributed by atoms with Crippen LogP contribution >= 0.6 is 0 Å². The van der Waals surface area contributed by atoms with Gasteiger partial charge < -0.3 is 4.98 Å². The van der Waals surface area contributed by atoms with Crippen LogP contribution in [0.1, 0.15) is 5.69 Å². The predicted octanol–water partition coefficient (Wildman–Crippen LogP) is 2.81. The van der Waals surface area contributed by atoms with Crippen LogP contribution in [0.3, 0.4) is 0 Å². The van der Waals surface area contributed by atoms with Crippen molar-refractivity contribution >= 4 is 0 Å². The van der Waals surface area contributed by atoms with Crippen molar-refractivity contribution in [2.24, 2.45) is 0 Å². The van der Waals surface area contributed by atoms with Gasteiger partial charge in [-0.05, 0) is 19.1 Å². The molecular weight excluding hydrogens is 250 g/mol. The van der Waals surface area contributed by atoms with E-state index in [4.69, 9.17) is 0 Å². The lowest BCUT2D eigenvalue weighted by atomic mass is 10.1. The number of hydrogen-bond acceptors (Lipinski definition) is 3. The predicted molar refractivity (Wildman–Crippen MR) is 78.3 cm³/mol. The first-order valence-electron chi connectivity index (χ1n) is 6.32. The van der Waals surface area contributed by atoms with Gasteiger partial charge in [0.1, 0.15) is 5.82 Å². The molecule has 4 heteroatoms. The molecule has 1 aromatic carbocycles. The zero-order valence-corrected chi connectivity index (χ0v) is 11.0. The van der Waals surface area contributed by atoms with Crippen LogP contribution in [0.2, 0.25) is 0 Å². The fourth-order valence-corrected chi connectivity index (χ4v) is 1.96. The van der Waals surface area contributed by atoms with E-state index < -0.39 is 0 Å². The first kappa shape index (κ1) is 12.3. The minimum Gasteiger partial charge on any atom is -0.306 e. The first-order chi connectivity index (χ1) is 9.72. The van der Waals surface area contributed by atoms with Crippen molar-refractivity contribution < 1.29 is 0 Å².